The first kappa shape index (κ1) is 32.3. The molecule has 0 radical (unpaired) electrons. The van der Waals surface area contributed by atoms with Gasteiger partial charge in [0, 0.05) is 11.1 Å². The van der Waals surface area contributed by atoms with Crippen LogP contribution in [0.2, 0.25) is 0 Å². The van der Waals surface area contributed by atoms with Gasteiger partial charge in [-0.2, -0.15) is 5.10 Å². The van der Waals surface area contributed by atoms with E-state index >= 15 is 9.00 Å². The fourth-order valence-electron chi connectivity index (χ4n) is 8.13. The van der Waals surface area contributed by atoms with E-state index in [0.29, 0.717) is 23.2 Å². The Morgan fingerprint density at radius 1 is 0.920 bits per heavy atom. The fourth-order valence-corrected chi connectivity index (χ4v) is 9.89. The molecule has 2 amide bonds. The summed E-state index contributed by atoms with van der Waals surface area (Å²) in [6, 6.07) is 30.3. The quantitative estimate of drug-likeness (QED) is 0.150. The molecule has 3 N–H and O–H groups in total. The lowest BCUT2D eigenvalue weighted by atomic mass is 9.77. The van der Waals surface area contributed by atoms with Crippen LogP contribution in [0.1, 0.15) is 58.7 Å². The Morgan fingerprint density at radius 3 is 1.94 bits per heavy atom. The second-order valence-corrected chi connectivity index (χ2v) is 15.9. The number of anilines is 1. The van der Waals surface area contributed by atoms with Crippen molar-refractivity contribution in [1.29, 1.82) is 4.78 Å². The summed E-state index contributed by atoms with van der Waals surface area (Å²) in [5, 5.41) is 17.9. The van der Waals surface area contributed by atoms with Gasteiger partial charge in [-0.1, -0.05) is 104 Å². The highest BCUT2D eigenvalue weighted by atomic mass is 32.2. The number of aryl methyl sites for hydroxylation is 2. The van der Waals surface area contributed by atoms with E-state index in [9.17, 15) is 9.89 Å². The first-order valence-corrected chi connectivity index (χ1v) is 18.8. The van der Waals surface area contributed by atoms with E-state index in [0.717, 1.165) is 55.3 Å². The van der Waals surface area contributed by atoms with Crippen LogP contribution in [0.15, 0.2) is 108 Å². The Bertz CT molecular complexity index is 2040. The van der Waals surface area contributed by atoms with Crippen molar-refractivity contribution in [3.8, 4) is 5.88 Å². The van der Waals surface area contributed by atoms with Crippen LogP contribution in [0.5, 0.6) is 5.88 Å². The molecule has 10 heteroatoms. The van der Waals surface area contributed by atoms with Crippen LogP contribution < -0.4 is 10.1 Å². The highest BCUT2D eigenvalue weighted by molar-refractivity contribution is 7.90. The highest BCUT2D eigenvalue weighted by Crippen LogP contribution is 2.48. The first-order chi connectivity index (χ1) is 24.3. The smallest absolute Gasteiger partial charge is 0.336 e. The van der Waals surface area contributed by atoms with Gasteiger partial charge in [-0.25, -0.2) is 22.8 Å². The van der Waals surface area contributed by atoms with E-state index in [-0.39, 0.29) is 24.0 Å². The number of nitrogens with one attached hydrogen (secondary N) is 2. The number of hydrogen-bond acceptors (Lipinski definition) is 6. The Hall–Kier alpha value is -4.93. The summed E-state index contributed by atoms with van der Waals surface area (Å²) in [5.41, 5.74) is 5.46. The zero-order valence-corrected chi connectivity index (χ0v) is 28.9. The number of hydrogen-bond donors (Lipinski definition) is 3. The van der Waals surface area contributed by atoms with Gasteiger partial charge < -0.3 is 15.2 Å². The molecule has 0 spiro atoms. The van der Waals surface area contributed by atoms with Crippen molar-refractivity contribution in [2.45, 2.75) is 62.4 Å². The standard InChI is InChI=1S/C40H41N5O4S/c1-39(26-46)25-44-37(49-27-39)35(24-42-44)50(41,48)45(38(47)43-36-33-21-11-13-28(33)23-29-14-12-22-34(29)36)40(30-15-5-2-6-16-30,31-17-7-3-8-18-31)32-19-9-4-10-20-32/h2-10,15-20,23-24,41,46H,11-14,21-22,25-27H2,1H3,(H,43,47). The van der Waals surface area contributed by atoms with Crippen molar-refractivity contribution in [3.63, 3.8) is 0 Å². The van der Waals surface area contributed by atoms with Crippen LogP contribution in [-0.2, 0) is 47.7 Å². The number of urea groups is 1. The van der Waals surface area contributed by atoms with E-state index in [2.05, 4.69) is 16.5 Å². The summed E-state index contributed by atoms with van der Waals surface area (Å²) >= 11 is 0. The Kier molecular flexibility index (Phi) is 8.03. The predicted octanol–water partition coefficient (Wildman–Crippen LogP) is 7.10. The molecule has 2 aliphatic carbocycles. The Morgan fingerprint density at radius 2 is 1.44 bits per heavy atom. The van der Waals surface area contributed by atoms with Crippen LogP contribution in [0.25, 0.3) is 0 Å². The molecule has 0 bridgehead atoms. The van der Waals surface area contributed by atoms with E-state index in [1.54, 1.807) is 4.68 Å². The van der Waals surface area contributed by atoms with Gasteiger partial charge >= 0.3 is 6.03 Å². The molecule has 9 nitrogen and oxygen atoms in total. The van der Waals surface area contributed by atoms with Gasteiger partial charge in [0.25, 0.3) is 0 Å². The Labute approximate surface area is 293 Å². The number of rotatable bonds is 8. The molecule has 2 heterocycles. The van der Waals surface area contributed by atoms with Crippen molar-refractivity contribution < 1.29 is 18.8 Å². The number of fused-ring (bicyclic) bond motifs is 3. The third-order valence-electron chi connectivity index (χ3n) is 10.6. The molecule has 50 heavy (non-hydrogen) atoms. The van der Waals surface area contributed by atoms with Crippen molar-refractivity contribution >= 4 is 21.6 Å². The van der Waals surface area contributed by atoms with Crippen LogP contribution in [-0.4, -0.2) is 42.6 Å². The number of aromatic nitrogens is 2. The molecule has 0 saturated heterocycles. The fraction of sp³-hybridized carbons (Fsp3) is 0.300. The zero-order chi connectivity index (χ0) is 34.5. The number of carbonyl (C=O) groups is 1. The lowest BCUT2D eigenvalue weighted by molar-refractivity contribution is 0.0287. The number of aliphatic hydroxyl groups excluding tert-OH is 1. The summed E-state index contributed by atoms with van der Waals surface area (Å²) in [5.74, 6) is 0.165. The van der Waals surface area contributed by atoms with E-state index in [1.165, 1.54) is 21.6 Å². The van der Waals surface area contributed by atoms with Crippen molar-refractivity contribution in [2.75, 3.05) is 18.5 Å². The minimum atomic E-state index is -4.24. The average Bonchev–Trinajstić information content (AvgIpc) is 3.92. The molecule has 2 unspecified atom stereocenters. The van der Waals surface area contributed by atoms with Crippen LogP contribution >= 0.6 is 0 Å². The van der Waals surface area contributed by atoms with Crippen LogP contribution in [0.4, 0.5) is 10.5 Å². The molecule has 256 valence electrons. The number of benzene rings is 4. The van der Waals surface area contributed by atoms with E-state index in [1.807, 2.05) is 97.9 Å². The number of amides is 2. The van der Waals surface area contributed by atoms with E-state index < -0.39 is 26.9 Å². The summed E-state index contributed by atoms with van der Waals surface area (Å²) in [6.07, 6.45) is 7.02. The average molecular weight is 688 g/mol. The van der Waals surface area contributed by atoms with Gasteiger partial charge in [0.1, 0.15) is 10.4 Å². The Balaban J connectivity index is 1.40. The summed E-state index contributed by atoms with van der Waals surface area (Å²) in [7, 11) is -4.24. The lowest BCUT2D eigenvalue weighted by Crippen LogP contribution is -2.55. The molecule has 1 aliphatic heterocycles. The van der Waals surface area contributed by atoms with Gasteiger partial charge in [-0.15, -0.1) is 0 Å². The van der Waals surface area contributed by atoms with Crippen molar-refractivity contribution in [2.24, 2.45) is 5.41 Å². The van der Waals surface area contributed by atoms with Gasteiger partial charge in [-0.3, -0.25) is 0 Å². The maximum atomic E-state index is 15.9. The molecule has 0 saturated carbocycles. The monoisotopic (exact) mass is 687 g/mol. The van der Waals surface area contributed by atoms with Crippen LogP contribution in [0, 0.1) is 10.2 Å². The third kappa shape index (κ3) is 5.12. The summed E-state index contributed by atoms with van der Waals surface area (Å²) < 4.78 is 34.9. The molecule has 5 aromatic rings. The van der Waals surface area contributed by atoms with E-state index in [4.69, 9.17) is 4.74 Å². The number of aliphatic hydroxyl groups is 1. The van der Waals surface area contributed by atoms with Gasteiger partial charge in [-0.05, 0) is 77.5 Å². The number of nitrogens with zero attached hydrogens (tertiary/aromatic N) is 3. The van der Waals surface area contributed by atoms with Crippen molar-refractivity contribution in [3.05, 3.63) is 142 Å². The first-order valence-electron chi connectivity index (χ1n) is 17.3. The molecule has 1 aromatic heterocycles. The molecule has 8 rings (SSSR count). The second-order valence-electron chi connectivity index (χ2n) is 14.0. The summed E-state index contributed by atoms with van der Waals surface area (Å²) in [6.45, 7) is 2.21. The molecule has 0 fully saturated rings. The maximum absolute atomic E-state index is 15.9. The maximum Gasteiger partial charge on any atom is 0.336 e. The van der Waals surface area contributed by atoms with Gasteiger partial charge in [0.05, 0.1) is 26.0 Å². The molecule has 3 aliphatic rings. The molecular formula is C40H41N5O4S. The topological polar surface area (TPSA) is 121 Å². The van der Waals surface area contributed by atoms with Gasteiger partial charge in [0.15, 0.2) is 9.92 Å². The number of ether oxygens (including phenoxy) is 1. The largest absolute Gasteiger partial charge is 0.476 e. The van der Waals surface area contributed by atoms with Crippen LogP contribution in [0.3, 0.4) is 0 Å². The summed E-state index contributed by atoms with van der Waals surface area (Å²) in [4.78, 5) is 15.6. The predicted molar refractivity (Wildman–Crippen MR) is 193 cm³/mol. The minimum Gasteiger partial charge on any atom is -0.476 e. The highest BCUT2D eigenvalue weighted by Gasteiger charge is 2.52. The minimum absolute atomic E-state index is 0.00308. The second kappa shape index (κ2) is 12.4. The third-order valence-corrected chi connectivity index (χ3v) is 12.4. The molecular weight excluding hydrogens is 647 g/mol. The normalized spacial score (nSPS) is 19.1. The van der Waals surface area contributed by atoms with Gasteiger partial charge in [0.2, 0.25) is 5.88 Å². The SMILES string of the molecule is CC1(CO)COc2c(S(=N)(=O)N(C(=O)Nc3c4c(cc5c3CCC5)CCC4)C(c3ccccc3)(c3ccccc3)c3ccccc3)cnn2C1. The molecule has 2 atom stereocenters. The van der Waals surface area contributed by atoms with Crippen molar-refractivity contribution in [1.82, 2.24) is 14.1 Å². The zero-order valence-electron chi connectivity index (χ0n) is 28.1. The molecule has 4 aromatic carbocycles. The lowest BCUT2D eigenvalue weighted by Gasteiger charge is -2.45. The number of carbonyl (C=O) groups excluding carboxylic acids is 1.